The maximum atomic E-state index is 2.47. The zero-order valence-electron chi connectivity index (χ0n) is 15.8. The Balaban J connectivity index is 2.97. The standard InChI is InChI=1S/C21H36S/c1-8-20(7,9-2)17-21(10-3,11-4)22-18-13-12-15-19(5,6)16-14-18/h12-16H,8-11,17H2,1-7H3. The number of thioether (sulfide) groups is 1. The van der Waals surface area contributed by atoms with E-state index in [-0.39, 0.29) is 5.41 Å². The summed E-state index contributed by atoms with van der Waals surface area (Å²) in [5.74, 6) is 0. The summed E-state index contributed by atoms with van der Waals surface area (Å²) in [7, 11) is 0. The highest BCUT2D eigenvalue weighted by Crippen LogP contribution is 2.48. The maximum Gasteiger partial charge on any atom is 0.0207 e. The van der Waals surface area contributed by atoms with Crippen molar-refractivity contribution < 1.29 is 0 Å². The van der Waals surface area contributed by atoms with Crippen LogP contribution in [0.1, 0.15) is 80.6 Å². The summed E-state index contributed by atoms with van der Waals surface area (Å²) in [4.78, 5) is 1.42. The summed E-state index contributed by atoms with van der Waals surface area (Å²) < 4.78 is 0.360. The fourth-order valence-corrected chi connectivity index (χ4v) is 4.57. The Morgan fingerprint density at radius 1 is 0.955 bits per heavy atom. The molecule has 1 aliphatic rings. The van der Waals surface area contributed by atoms with Crippen molar-refractivity contribution in [3.63, 3.8) is 0 Å². The highest BCUT2D eigenvalue weighted by Gasteiger charge is 2.35. The van der Waals surface area contributed by atoms with Crippen LogP contribution in [0.15, 0.2) is 35.3 Å². The van der Waals surface area contributed by atoms with Gasteiger partial charge in [0.2, 0.25) is 0 Å². The normalized spacial score (nSPS) is 18.2. The number of hydrogen-bond donors (Lipinski definition) is 0. The van der Waals surface area contributed by atoms with Gasteiger partial charge in [0.15, 0.2) is 0 Å². The van der Waals surface area contributed by atoms with Crippen molar-refractivity contribution >= 4 is 11.8 Å². The monoisotopic (exact) mass is 320 g/mol. The zero-order valence-corrected chi connectivity index (χ0v) is 16.6. The third kappa shape index (κ3) is 5.33. The predicted molar refractivity (Wildman–Crippen MR) is 104 cm³/mol. The summed E-state index contributed by atoms with van der Waals surface area (Å²) in [5, 5.41) is 0. The molecule has 126 valence electrons. The molecule has 1 heteroatoms. The van der Waals surface area contributed by atoms with Gasteiger partial charge in [0.25, 0.3) is 0 Å². The van der Waals surface area contributed by atoms with Crippen molar-refractivity contribution in [2.75, 3.05) is 0 Å². The minimum atomic E-state index is 0.168. The molecule has 1 aliphatic carbocycles. The first kappa shape index (κ1) is 19.6. The SMILES string of the molecule is CCC(C)(CC)CC(CC)(CC)SC1=CC=CC(C)(C)C=C1. The molecule has 0 bridgehead atoms. The van der Waals surface area contributed by atoms with Crippen LogP contribution in [0.5, 0.6) is 0 Å². The van der Waals surface area contributed by atoms with E-state index in [1.54, 1.807) is 0 Å². The van der Waals surface area contributed by atoms with Crippen molar-refractivity contribution in [3.8, 4) is 0 Å². The first-order valence-corrected chi connectivity index (χ1v) is 9.83. The van der Waals surface area contributed by atoms with Crippen molar-refractivity contribution in [1.29, 1.82) is 0 Å². The molecule has 0 amide bonds. The van der Waals surface area contributed by atoms with Crippen LogP contribution in [0.25, 0.3) is 0 Å². The van der Waals surface area contributed by atoms with Crippen LogP contribution in [-0.2, 0) is 0 Å². The molecule has 0 atom stereocenters. The van der Waals surface area contributed by atoms with E-state index >= 15 is 0 Å². The van der Waals surface area contributed by atoms with Gasteiger partial charge in [0.05, 0.1) is 0 Å². The van der Waals surface area contributed by atoms with Crippen molar-refractivity contribution in [2.24, 2.45) is 10.8 Å². The highest BCUT2D eigenvalue weighted by atomic mass is 32.2. The molecule has 0 fully saturated rings. The van der Waals surface area contributed by atoms with Gasteiger partial charge >= 0.3 is 0 Å². The lowest BCUT2D eigenvalue weighted by Crippen LogP contribution is -2.31. The minimum absolute atomic E-state index is 0.168. The van der Waals surface area contributed by atoms with Gasteiger partial charge in [0.1, 0.15) is 0 Å². The Labute approximate surface area is 143 Å². The van der Waals surface area contributed by atoms with Gasteiger partial charge in [-0.2, -0.15) is 0 Å². The molecule has 0 aliphatic heterocycles. The van der Waals surface area contributed by atoms with E-state index in [4.69, 9.17) is 0 Å². The fourth-order valence-electron chi connectivity index (χ4n) is 3.08. The summed E-state index contributed by atoms with van der Waals surface area (Å²) in [6.07, 6.45) is 17.8. The van der Waals surface area contributed by atoms with E-state index in [2.05, 4.69) is 90.6 Å². The number of hydrogen-bond acceptors (Lipinski definition) is 1. The average Bonchev–Trinajstić information content (AvgIpc) is 2.67. The minimum Gasteiger partial charge on any atom is -0.119 e. The van der Waals surface area contributed by atoms with E-state index in [1.807, 2.05) is 0 Å². The Hall–Kier alpha value is -0.430. The van der Waals surface area contributed by atoms with Crippen LogP contribution >= 0.6 is 11.8 Å². The largest absolute Gasteiger partial charge is 0.119 e. The Bertz CT molecular complexity index is 429. The van der Waals surface area contributed by atoms with Crippen LogP contribution < -0.4 is 0 Å². The lowest BCUT2D eigenvalue weighted by Gasteiger charge is -2.40. The second-order valence-corrected chi connectivity index (χ2v) is 9.31. The van der Waals surface area contributed by atoms with Crippen LogP contribution in [0.4, 0.5) is 0 Å². The molecule has 0 aromatic rings. The Kier molecular flexibility index (Phi) is 7.05. The van der Waals surface area contributed by atoms with Crippen LogP contribution in [0.2, 0.25) is 0 Å². The topological polar surface area (TPSA) is 0 Å². The van der Waals surface area contributed by atoms with Crippen molar-refractivity contribution in [1.82, 2.24) is 0 Å². The molecule has 0 nitrogen and oxygen atoms in total. The molecule has 22 heavy (non-hydrogen) atoms. The highest BCUT2D eigenvalue weighted by molar-refractivity contribution is 8.04. The maximum absolute atomic E-state index is 2.47. The molecular formula is C21H36S. The van der Waals surface area contributed by atoms with Gasteiger partial charge in [-0.3, -0.25) is 0 Å². The third-order valence-electron chi connectivity index (χ3n) is 5.54. The second kappa shape index (κ2) is 7.90. The Morgan fingerprint density at radius 3 is 2.05 bits per heavy atom. The van der Waals surface area contributed by atoms with Crippen LogP contribution in [-0.4, -0.2) is 4.75 Å². The van der Waals surface area contributed by atoms with Gasteiger partial charge in [-0.15, -0.1) is 11.8 Å². The molecule has 0 aromatic carbocycles. The predicted octanol–water partition coefficient (Wildman–Crippen LogP) is 7.53. The quantitative estimate of drug-likeness (QED) is 0.445. The van der Waals surface area contributed by atoms with E-state index in [0.29, 0.717) is 10.2 Å². The van der Waals surface area contributed by atoms with E-state index in [1.165, 1.54) is 37.0 Å². The molecule has 0 heterocycles. The van der Waals surface area contributed by atoms with Crippen molar-refractivity contribution in [3.05, 3.63) is 35.3 Å². The molecule has 0 unspecified atom stereocenters. The molecule has 0 spiro atoms. The second-order valence-electron chi connectivity index (χ2n) is 7.77. The van der Waals surface area contributed by atoms with Crippen molar-refractivity contribution in [2.45, 2.75) is 85.3 Å². The van der Waals surface area contributed by atoms with E-state index in [0.717, 1.165) is 0 Å². The average molecular weight is 321 g/mol. The number of rotatable bonds is 8. The van der Waals surface area contributed by atoms with Gasteiger partial charge < -0.3 is 0 Å². The van der Waals surface area contributed by atoms with Gasteiger partial charge in [-0.05, 0) is 30.8 Å². The molecule has 0 aromatic heterocycles. The lowest BCUT2D eigenvalue weighted by molar-refractivity contribution is 0.231. The van der Waals surface area contributed by atoms with Gasteiger partial charge in [0, 0.05) is 15.1 Å². The molecular weight excluding hydrogens is 284 g/mol. The van der Waals surface area contributed by atoms with E-state index < -0.39 is 0 Å². The lowest BCUT2D eigenvalue weighted by atomic mass is 9.75. The summed E-state index contributed by atoms with van der Waals surface area (Å²) >= 11 is 2.11. The van der Waals surface area contributed by atoms with Gasteiger partial charge in [-0.25, -0.2) is 0 Å². The first-order chi connectivity index (χ1) is 10.2. The first-order valence-electron chi connectivity index (χ1n) is 9.01. The molecule has 0 radical (unpaired) electrons. The summed E-state index contributed by atoms with van der Waals surface area (Å²) in [6.45, 7) is 16.4. The molecule has 1 rings (SSSR count). The smallest absolute Gasteiger partial charge is 0.0207 e. The summed E-state index contributed by atoms with van der Waals surface area (Å²) in [5.41, 5.74) is 0.629. The summed E-state index contributed by atoms with van der Waals surface area (Å²) in [6, 6.07) is 0. The van der Waals surface area contributed by atoms with Crippen LogP contribution in [0, 0.1) is 10.8 Å². The van der Waals surface area contributed by atoms with Crippen LogP contribution in [0.3, 0.4) is 0 Å². The molecule has 0 saturated heterocycles. The molecule has 0 saturated carbocycles. The van der Waals surface area contributed by atoms with Gasteiger partial charge in [-0.1, -0.05) is 85.6 Å². The number of allylic oxidation sites excluding steroid dienone is 5. The van der Waals surface area contributed by atoms with E-state index in [9.17, 15) is 0 Å². The fraction of sp³-hybridized carbons (Fsp3) is 0.714. The molecule has 0 N–H and O–H groups in total. The zero-order chi connectivity index (χ0) is 16.9. The Morgan fingerprint density at radius 2 is 1.55 bits per heavy atom. The third-order valence-corrected chi connectivity index (χ3v) is 7.21.